The van der Waals surface area contributed by atoms with Gasteiger partial charge in [-0.05, 0) is 80.6 Å². The average Bonchev–Trinajstić information content (AvgIpc) is 4.00. The van der Waals surface area contributed by atoms with E-state index in [1.165, 1.54) is 18.2 Å². The Morgan fingerprint density at radius 3 is 1.88 bits per heavy atom. The minimum Gasteiger partial charge on any atom is -0.481 e. The van der Waals surface area contributed by atoms with Crippen LogP contribution in [0.5, 0.6) is 5.75 Å². The number of benzene rings is 4. The molecule has 0 bridgehead atoms. The van der Waals surface area contributed by atoms with E-state index < -0.39 is 65.7 Å². The van der Waals surface area contributed by atoms with Gasteiger partial charge in [0.05, 0.1) is 36.0 Å². The minimum absolute atomic E-state index is 0.0378. The van der Waals surface area contributed by atoms with E-state index in [-0.39, 0.29) is 50.0 Å². The summed E-state index contributed by atoms with van der Waals surface area (Å²) in [4.78, 5) is 104. The number of aldehydes is 1. The van der Waals surface area contributed by atoms with Crippen molar-refractivity contribution < 1.29 is 66.6 Å². The highest BCUT2D eigenvalue weighted by Crippen LogP contribution is 2.46. The molecule has 75 heavy (non-hydrogen) atoms. The van der Waals surface area contributed by atoms with Crippen molar-refractivity contribution in [3.8, 4) is 17.1 Å². The maximum absolute atomic E-state index is 13.4. The summed E-state index contributed by atoms with van der Waals surface area (Å²) in [5, 5.41) is 9.08. The Kier molecular flexibility index (Phi) is 23.2. The number of hydroxylamine groups is 2. The first-order chi connectivity index (χ1) is 36.3. The Morgan fingerprint density at radius 2 is 1.33 bits per heavy atom. The standard InChI is InChI=1S/C38H45N3O10.C19H21NO4/c1-4-6-8-13-29(30(5-2)41(25-43)51-37(47)38(3)18-19-38)35(45)39-24-40-36(46)32-17-16-31(50-32)27-14-15-28(21-42)33(20-27)48-23-34(44)49-22-26-11-9-7-10-12-26;1-20-17(19(22)24-14-16-10-6-3-7-11-16)12-18(21)23-13-15-8-4-2-5-9-15/h7,9-12,14-17,20-21,25,29-30H,4-6,8,13,18-19,22-24H2,1-3H3,(H,39,45)(H,40,46);2-11,17,20H,12-14H2,1H3. The second kappa shape index (κ2) is 30.2. The van der Waals surface area contributed by atoms with Crippen LogP contribution in [0.2, 0.25) is 0 Å². The highest BCUT2D eigenvalue weighted by molar-refractivity contribution is 5.92. The number of hydrogen-bond donors (Lipinski definition) is 3. The van der Waals surface area contributed by atoms with Crippen LogP contribution in [-0.4, -0.2) is 85.9 Å². The molecule has 18 heteroatoms. The number of esters is 3. The molecule has 5 aromatic rings. The van der Waals surface area contributed by atoms with Gasteiger partial charge in [0, 0.05) is 5.56 Å². The largest absolute Gasteiger partial charge is 0.481 e. The number of furan rings is 1. The lowest BCUT2D eigenvalue weighted by atomic mass is 9.90. The molecular weight excluding hydrogens is 965 g/mol. The molecule has 0 radical (unpaired) electrons. The van der Waals surface area contributed by atoms with Crippen molar-refractivity contribution in [1.82, 2.24) is 21.0 Å². The normalized spacial score (nSPS) is 13.2. The van der Waals surface area contributed by atoms with Gasteiger partial charge in [-0.2, -0.15) is 5.06 Å². The van der Waals surface area contributed by atoms with E-state index >= 15 is 0 Å². The molecule has 3 amide bonds. The molecule has 1 fully saturated rings. The number of amides is 3. The number of carbonyl (C=O) groups excluding carboxylic acids is 8. The lowest BCUT2D eigenvalue weighted by molar-refractivity contribution is -0.208. The Labute approximate surface area is 436 Å². The van der Waals surface area contributed by atoms with E-state index in [9.17, 15) is 38.4 Å². The van der Waals surface area contributed by atoms with Gasteiger partial charge in [-0.25, -0.2) is 9.59 Å². The summed E-state index contributed by atoms with van der Waals surface area (Å²) < 4.78 is 27.0. The molecule has 0 aliphatic heterocycles. The average molecular weight is 1030 g/mol. The zero-order chi connectivity index (χ0) is 54.0. The molecule has 3 unspecified atom stereocenters. The van der Waals surface area contributed by atoms with Crippen molar-refractivity contribution in [2.45, 2.75) is 104 Å². The summed E-state index contributed by atoms with van der Waals surface area (Å²) >= 11 is 0. The van der Waals surface area contributed by atoms with Gasteiger partial charge in [0.15, 0.2) is 18.7 Å². The van der Waals surface area contributed by atoms with Crippen molar-refractivity contribution in [1.29, 1.82) is 0 Å². The van der Waals surface area contributed by atoms with Crippen molar-refractivity contribution in [3.05, 3.63) is 149 Å². The monoisotopic (exact) mass is 1030 g/mol. The van der Waals surface area contributed by atoms with Crippen LogP contribution < -0.4 is 20.7 Å². The Balaban J connectivity index is 0.000000361. The van der Waals surface area contributed by atoms with Crippen molar-refractivity contribution in [2.24, 2.45) is 11.3 Å². The number of hydrogen-bond acceptors (Lipinski definition) is 15. The van der Waals surface area contributed by atoms with E-state index in [1.54, 1.807) is 26.1 Å². The molecule has 4 aromatic carbocycles. The van der Waals surface area contributed by atoms with Gasteiger partial charge in [-0.1, -0.05) is 130 Å². The number of likely N-dealkylation sites (N-methyl/N-ethyl adjacent to an activating group) is 1. The van der Waals surface area contributed by atoms with Gasteiger partial charge < -0.3 is 44.2 Å². The number of ether oxygens (including phenoxy) is 4. The summed E-state index contributed by atoms with van der Waals surface area (Å²) in [6.45, 7) is 5.43. The first-order valence-electron chi connectivity index (χ1n) is 24.9. The Morgan fingerprint density at radius 1 is 0.733 bits per heavy atom. The molecule has 6 rings (SSSR count). The van der Waals surface area contributed by atoms with Crippen molar-refractivity contribution in [2.75, 3.05) is 20.3 Å². The molecule has 1 aliphatic rings. The van der Waals surface area contributed by atoms with Crippen LogP contribution in [0.25, 0.3) is 11.3 Å². The topological polar surface area (TPSA) is 235 Å². The lowest BCUT2D eigenvalue weighted by Crippen LogP contribution is -2.49. The van der Waals surface area contributed by atoms with Crippen LogP contribution in [0.1, 0.15) is 110 Å². The van der Waals surface area contributed by atoms with Gasteiger partial charge in [-0.15, -0.1) is 0 Å². The van der Waals surface area contributed by atoms with Crippen LogP contribution in [0.15, 0.2) is 126 Å². The predicted octanol–water partition coefficient (Wildman–Crippen LogP) is 7.83. The molecule has 1 aromatic heterocycles. The maximum atomic E-state index is 13.4. The molecule has 3 atom stereocenters. The third kappa shape index (κ3) is 18.7. The van der Waals surface area contributed by atoms with Crippen LogP contribution in [0.3, 0.4) is 0 Å². The molecule has 398 valence electrons. The highest BCUT2D eigenvalue weighted by atomic mass is 16.7. The zero-order valence-corrected chi connectivity index (χ0v) is 42.8. The molecular formula is C57H66N4O14. The number of rotatable bonds is 29. The lowest BCUT2D eigenvalue weighted by Gasteiger charge is -2.32. The van der Waals surface area contributed by atoms with E-state index in [0.717, 1.165) is 41.0 Å². The van der Waals surface area contributed by atoms with E-state index in [0.29, 0.717) is 49.7 Å². The van der Waals surface area contributed by atoms with E-state index in [1.807, 2.05) is 105 Å². The summed E-state index contributed by atoms with van der Waals surface area (Å²) in [5.74, 6) is -3.32. The zero-order valence-electron chi connectivity index (χ0n) is 42.8. The van der Waals surface area contributed by atoms with Crippen molar-refractivity contribution in [3.63, 3.8) is 0 Å². The highest BCUT2D eigenvalue weighted by Gasteiger charge is 2.48. The van der Waals surface area contributed by atoms with Gasteiger partial charge in [0.25, 0.3) is 5.91 Å². The van der Waals surface area contributed by atoms with Crippen molar-refractivity contribution >= 4 is 48.4 Å². The second-order valence-corrected chi connectivity index (χ2v) is 18.0. The summed E-state index contributed by atoms with van der Waals surface area (Å²) in [6.07, 6.45) is 5.69. The van der Waals surface area contributed by atoms with Gasteiger partial charge in [0.2, 0.25) is 12.3 Å². The number of nitrogens with zero attached hydrogens (tertiary/aromatic N) is 1. The second-order valence-electron chi connectivity index (χ2n) is 18.0. The Bertz CT molecular complexity index is 2640. The van der Waals surface area contributed by atoms with Gasteiger partial charge >= 0.3 is 23.9 Å². The van der Waals surface area contributed by atoms with Gasteiger partial charge in [-0.3, -0.25) is 28.8 Å². The van der Waals surface area contributed by atoms with Crippen LogP contribution >= 0.6 is 0 Å². The summed E-state index contributed by atoms with van der Waals surface area (Å²) in [6, 6.07) is 34.2. The smallest absolute Gasteiger partial charge is 0.344 e. The number of unbranched alkanes of at least 4 members (excludes halogenated alkanes) is 2. The van der Waals surface area contributed by atoms with E-state index in [4.69, 9.17) is 28.2 Å². The predicted molar refractivity (Wildman–Crippen MR) is 275 cm³/mol. The summed E-state index contributed by atoms with van der Waals surface area (Å²) in [5.41, 5.74) is 2.70. The number of carbonyl (C=O) groups is 8. The quantitative estimate of drug-likeness (QED) is 0.0103. The first-order valence-corrected chi connectivity index (χ1v) is 24.9. The van der Waals surface area contributed by atoms with E-state index in [2.05, 4.69) is 16.0 Å². The molecule has 1 aliphatic carbocycles. The van der Waals surface area contributed by atoms with Gasteiger partial charge in [0.1, 0.15) is 37.4 Å². The Hall–Kier alpha value is -8.12. The summed E-state index contributed by atoms with van der Waals surface area (Å²) in [7, 11) is 1.61. The molecule has 0 saturated heterocycles. The molecule has 1 saturated carbocycles. The molecule has 1 heterocycles. The van der Waals surface area contributed by atoms with Crippen LogP contribution in [0, 0.1) is 11.3 Å². The first kappa shape index (κ1) is 57.8. The SMILES string of the molecule is CCCCCC(C(=O)NCNC(=O)c1ccc(-c2ccc(C=O)c(OCC(=O)OCc3ccccc3)c2)o1)C(CC)N(C=O)OC(=O)C1(C)CC1.CNC(CC(=O)OCc1ccccc1)C(=O)OCc1ccccc1. The fourth-order valence-corrected chi connectivity index (χ4v) is 7.49. The van der Waals surface area contributed by atoms with Crippen LogP contribution in [-0.2, 0) is 67.6 Å². The fraction of sp³-hybridized carbons (Fsp3) is 0.368. The number of nitrogens with one attached hydrogen (secondary N) is 3. The molecule has 3 N–H and O–H groups in total. The molecule has 0 spiro atoms. The maximum Gasteiger partial charge on any atom is 0.344 e. The fourth-order valence-electron chi connectivity index (χ4n) is 7.49. The molecule has 18 nitrogen and oxygen atoms in total. The van der Waals surface area contributed by atoms with Crippen LogP contribution in [0.4, 0.5) is 0 Å². The third-order valence-electron chi connectivity index (χ3n) is 12.3. The minimum atomic E-state index is -0.725. The third-order valence-corrected chi connectivity index (χ3v) is 12.3.